The minimum absolute atomic E-state index is 0.0746. The van der Waals surface area contributed by atoms with Gasteiger partial charge in [0.25, 0.3) is 0 Å². The molecule has 0 amide bonds. The van der Waals surface area contributed by atoms with Crippen molar-refractivity contribution in [1.29, 1.82) is 0 Å². The molecule has 2 rings (SSSR count). The number of anilines is 2. The van der Waals surface area contributed by atoms with Crippen molar-refractivity contribution in [3.8, 4) is 17.1 Å². The average molecular weight is 203 g/mol. The zero-order valence-electron chi connectivity index (χ0n) is 7.75. The fraction of sp³-hybridized carbons (Fsp3) is 0. The zero-order valence-corrected chi connectivity index (χ0v) is 7.75. The van der Waals surface area contributed by atoms with Gasteiger partial charge in [0.2, 0.25) is 11.9 Å². The third-order valence-electron chi connectivity index (χ3n) is 1.80. The summed E-state index contributed by atoms with van der Waals surface area (Å²) in [4.78, 5) is 11.5. The SMILES string of the molecule is Nc1nc(N)nc(-c2ccc(O)cc2)n1. The summed E-state index contributed by atoms with van der Waals surface area (Å²) >= 11 is 0. The number of hydrogen-bond acceptors (Lipinski definition) is 6. The zero-order chi connectivity index (χ0) is 10.8. The van der Waals surface area contributed by atoms with E-state index in [0.29, 0.717) is 11.4 Å². The summed E-state index contributed by atoms with van der Waals surface area (Å²) in [6.07, 6.45) is 0. The molecule has 0 bridgehead atoms. The van der Waals surface area contributed by atoms with E-state index in [1.807, 2.05) is 0 Å². The Bertz CT molecular complexity index is 462. The second-order valence-electron chi connectivity index (χ2n) is 2.92. The Kier molecular flexibility index (Phi) is 2.09. The first kappa shape index (κ1) is 9.20. The van der Waals surface area contributed by atoms with E-state index < -0.39 is 0 Å². The summed E-state index contributed by atoms with van der Waals surface area (Å²) in [6, 6.07) is 6.41. The van der Waals surface area contributed by atoms with E-state index in [4.69, 9.17) is 16.6 Å². The molecule has 6 heteroatoms. The van der Waals surface area contributed by atoms with E-state index in [1.54, 1.807) is 12.1 Å². The van der Waals surface area contributed by atoms with Crippen molar-refractivity contribution in [3.63, 3.8) is 0 Å². The lowest BCUT2D eigenvalue weighted by molar-refractivity contribution is 0.475. The van der Waals surface area contributed by atoms with Crippen LogP contribution in [0.1, 0.15) is 0 Å². The number of nitrogens with two attached hydrogens (primary N) is 2. The number of hydrogen-bond donors (Lipinski definition) is 3. The molecule has 0 unspecified atom stereocenters. The Balaban J connectivity index is 2.49. The number of phenolic OH excluding ortho intramolecular Hbond substituents is 1. The van der Waals surface area contributed by atoms with Crippen LogP contribution in [0.15, 0.2) is 24.3 Å². The predicted octanol–water partition coefficient (Wildman–Crippen LogP) is 0.409. The quantitative estimate of drug-likeness (QED) is 0.619. The van der Waals surface area contributed by atoms with Crippen molar-refractivity contribution in [1.82, 2.24) is 15.0 Å². The van der Waals surface area contributed by atoms with Crippen LogP contribution in [-0.4, -0.2) is 20.1 Å². The maximum atomic E-state index is 9.11. The molecule has 1 aromatic heterocycles. The van der Waals surface area contributed by atoms with Gasteiger partial charge in [0, 0.05) is 5.56 Å². The molecule has 0 saturated carbocycles. The molecule has 1 heterocycles. The van der Waals surface area contributed by atoms with Crippen molar-refractivity contribution >= 4 is 11.9 Å². The Morgan fingerprint density at radius 2 is 1.40 bits per heavy atom. The molecule has 15 heavy (non-hydrogen) atoms. The fourth-order valence-electron chi connectivity index (χ4n) is 1.15. The highest BCUT2D eigenvalue weighted by Gasteiger charge is 2.04. The number of nitrogens with zero attached hydrogens (tertiary/aromatic N) is 3. The van der Waals surface area contributed by atoms with Crippen LogP contribution < -0.4 is 11.5 Å². The molecule has 2 aromatic rings. The van der Waals surface area contributed by atoms with Gasteiger partial charge in [-0.25, -0.2) is 0 Å². The molecule has 0 radical (unpaired) electrons. The highest BCUT2D eigenvalue weighted by Crippen LogP contribution is 2.18. The summed E-state index contributed by atoms with van der Waals surface area (Å²) in [5, 5.41) is 9.11. The smallest absolute Gasteiger partial charge is 0.225 e. The molecule has 0 aliphatic heterocycles. The van der Waals surface area contributed by atoms with Crippen LogP contribution in [-0.2, 0) is 0 Å². The summed E-state index contributed by atoms with van der Waals surface area (Å²) in [5.74, 6) is 0.713. The summed E-state index contributed by atoms with van der Waals surface area (Å²) < 4.78 is 0. The van der Waals surface area contributed by atoms with Crippen molar-refractivity contribution in [2.24, 2.45) is 0 Å². The summed E-state index contributed by atoms with van der Waals surface area (Å²) in [7, 11) is 0. The van der Waals surface area contributed by atoms with Gasteiger partial charge in [0.05, 0.1) is 0 Å². The molecular formula is C9H9N5O. The Hall–Kier alpha value is -2.37. The van der Waals surface area contributed by atoms with Gasteiger partial charge >= 0.3 is 0 Å². The van der Waals surface area contributed by atoms with Crippen LogP contribution in [0.25, 0.3) is 11.4 Å². The van der Waals surface area contributed by atoms with E-state index in [0.717, 1.165) is 0 Å². The van der Waals surface area contributed by atoms with Crippen molar-refractivity contribution < 1.29 is 5.11 Å². The molecule has 0 atom stereocenters. The van der Waals surface area contributed by atoms with E-state index in [-0.39, 0.29) is 17.6 Å². The van der Waals surface area contributed by atoms with E-state index in [2.05, 4.69) is 15.0 Å². The van der Waals surface area contributed by atoms with Crippen molar-refractivity contribution in [2.45, 2.75) is 0 Å². The van der Waals surface area contributed by atoms with Crippen molar-refractivity contribution in [3.05, 3.63) is 24.3 Å². The number of nitrogen functional groups attached to an aromatic ring is 2. The normalized spacial score (nSPS) is 10.1. The van der Waals surface area contributed by atoms with Crippen LogP contribution in [0, 0.1) is 0 Å². The number of benzene rings is 1. The lowest BCUT2D eigenvalue weighted by Crippen LogP contribution is -2.04. The standard InChI is InChI=1S/C9H9N5O/c10-8-12-7(13-9(11)14-8)5-1-3-6(15)4-2-5/h1-4,15H,(H4,10,11,12,13,14). The van der Waals surface area contributed by atoms with Gasteiger partial charge < -0.3 is 16.6 Å². The molecule has 6 nitrogen and oxygen atoms in total. The Morgan fingerprint density at radius 1 is 0.867 bits per heavy atom. The Labute approximate surface area is 85.6 Å². The Morgan fingerprint density at radius 3 is 1.93 bits per heavy atom. The average Bonchev–Trinajstić information content (AvgIpc) is 2.17. The fourth-order valence-corrected chi connectivity index (χ4v) is 1.15. The van der Waals surface area contributed by atoms with Crippen LogP contribution in [0.4, 0.5) is 11.9 Å². The summed E-state index contributed by atoms with van der Waals surface area (Å²) in [5.41, 5.74) is 11.6. The lowest BCUT2D eigenvalue weighted by atomic mass is 10.2. The minimum atomic E-state index is 0.0746. The molecule has 0 spiro atoms. The van der Waals surface area contributed by atoms with E-state index >= 15 is 0 Å². The summed E-state index contributed by atoms with van der Waals surface area (Å²) in [6.45, 7) is 0. The highest BCUT2D eigenvalue weighted by atomic mass is 16.3. The molecule has 0 saturated heterocycles. The molecule has 0 aliphatic carbocycles. The first-order chi connectivity index (χ1) is 7.15. The molecule has 5 N–H and O–H groups in total. The van der Waals surface area contributed by atoms with Gasteiger partial charge in [-0.1, -0.05) is 0 Å². The number of aromatic nitrogens is 3. The third-order valence-corrected chi connectivity index (χ3v) is 1.80. The van der Waals surface area contributed by atoms with Gasteiger partial charge in [0.1, 0.15) is 5.75 Å². The number of phenols is 1. The van der Waals surface area contributed by atoms with Crippen LogP contribution in [0.2, 0.25) is 0 Å². The predicted molar refractivity (Wildman–Crippen MR) is 55.8 cm³/mol. The second-order valence-corrected chi connectivity index (χ2v) is 2.92. The molecular weight excluding hydrogens is 194 g/mol. The van der Waals surface area contributed by atoms with Crippen LogP contribution in [0.3, 0.4) is 0 Å². The second kappa shape index (κ2) is 3.41. The van der Waals surface area contributed by atoms with Gasteiger partial charge in [-0.2, -0.15) is 15.0 Å². The highest BCUT2D eigenvalue weighted by molar-refractivity contribution is 5.58. The van der Waals surface area contributed by atoms with Gasteiger partial charge in [-0.3, -0.25) is 0 Å². The first-order valence-electron chi connectivity index (χ1n) is 4.21. The first-order valence-corrected chi connectivity index (χ1v) is 4.21. The van der Waals surface area contributed by atoms with Gasteiger partial charge in [-0.05, 0) is 24.3 Å². The van der Waals surface area contributed by atoms with Crippen LogP contribution in [0.5, 0.6) is 5.75 Å². The van der Waals surface area contributed by atoms with E-state index in [1.165, 1.54) is 12.1 Å². The topological polar surface area (TPSA) is 111 Å². The maximum absolute atomic E-state index is 9.11. The van der Waals surface area contributed by atoms with Crippen LogP contribution >= 0.6 is 0 Å². The third kappa shape index (κ3) is 1.93. The monoisotopic (exact) mass is 203 g/mol. The van der Waals surface area contributed by atoms with E-state index in [9.17, 15) is 0 Å². The molecule has 1 aromatic carbocycles. The molecule has 76 valence electrons. The van der Waals surface area contributed by atoms with Gasteiger partial charge in [-0.15, -0.1) is 0 Å². The largest absolute Gasteiger partial charge is 0.508 e. The molecule has 0 fully saturated rings. The number of rotatable bonds is 1. The minimum Gasteiger partial charge on any atom is -0.508 e. The lowest BCUT2D eigenvalue weighted by Gasteiger charge is -2.01. The van der Waals surface area contributed by atoms with Gasteiger partial charge in [0.15, 0.2) is 5.82 Å². The number of aromatic hydroxyl groups is 1. The molecule has 0 aliphatic rings. The maximum Gasteiger partial charge on any atom is 0.225 e. The van der Waals surface area contributed by atoms with Crippen molar-refractivity contribution in [2.75, 3.05) is 11.5 Å².